The highest BCUT2D eigenvalue weighted by molar-refractivity contribution is 7.20. The number of aliphatic hydroxyl groups is 1. The molecule has 3 heterocycles. The standard InChI is InChI=1S/C20H24N4O2S2/c1-11-16-18(23-12(2)15-4-3-9-27-15)21-10-22-20(16)28-17(11)19(26)24-13-5-7-14(25)8-6-13/h3-4,9-10,12-14,25H,5-8H2,1-2H3,(H,24,26)(H,21,22,23). The van der Waals surface area contributed by atoms with E-state index in [4.69, 9.17) is 0 Å². The van der Waals surface area contributed by atoms with E-state index in [0.717, 1.165) is 47.3 Å². The third-order valence-corrected chi connectivity index (χ3v) is 7.54. The van der Waals surface area contributed by atoms with Gasteiger partial charge in [0.2, 0.25) is 0 Å². The average Bonchev–Trinajstić information content (AvgIpc) is 3.33. The molecule has 1 unspecified atom stereocenters. The average molecular weight is 417 g/mol. The van der Waals surface area contributed by atoms with Gasteiger partial charge in [-0.25, -0.2) is 9.97 Å². The Labute approximate surface area is 172 Å². The summed E-state index contributed by atoms with van der Waals surface area (Å²) < 4.78 is 0. The van der Waals surface area contributed by atoms with Gasteiger partial charge < -0.3 is 15.7 Å². The second-order valence-electron chi connectivity index (χ2n) is 7.32. The van der Waals surface area contributed by atoms with Crippen molar-refractivity contribution in [2.45, 2.75) is 57.7 Å². The number of carbonyl (C=O) groups is 1. The number of aromatic nitrogens is 2. The summed E-state index contributed by atoms with van der Waals surface area (Å²) in [6.07, 6.45) is 4.45. The first-order valence-corrected chi connectivity index (χ1v) is 11.3. The molecule has 3 N–H and O–H groups in total. The molecule has 1 fully saturated rings. The molecule has 0 bridgehead atoms. The van der Waals surface area contributed by atoms with Gasteiger partial charge in [0.15, 0.2) is 0 Å². The van der Waals surface area contributed by atoms with Crippen LogP contribution in [0.1, 0.15) is 58.8 Å². The zero-order valence-corrected chi connectivity index (χ0v) is 17.6. The molecule has 1 aliphatic rings. The van der Waals surface area contributed by atoms with Crippen LogP contribution in [0, 0.1) is 6.92 Å². The van der Waals surface area contributed by atoms with Crippen LogP contribution in [-0.2, 0) is 0 Å². The van der Waals surface area contributed by atoms with Gasteiger partial charge in [-0.1, -0.05) is 6.07 Å². The smallest absolute Gasteiger partial charge is 0.261 e. The molecule has 1 atom stereocenters. The fourth-order valence-electron chi connectivity index (χ4n) is 3.68. The molecule has 28 heavy (non-hydrogen) atoms. The Hall–Kier alpha value is -2.03. The van der Waals surface area contributed by atoms with E-state index in [1.165, 1.54) is 16.2 Å². The summed E-state index contributed by atoms with van der Waals surface area (Å²) in [4.78, 5) is 24.4. The van der Waals surface area contributed by atoms with Crippen molar-refractivity contribution in [2.75, 3.05) is 5.32 Å². The number of carbonyl (C=O) groups excluding carboxylic acids is 1. The Morgan fingerprint density at radius 2 is 2.07 bits per heavy atom. The Bertz CT molecular complexity index is 962. The zero-order valence-electron chi connectivity index (χ0n) is 15.9. The van der Waals surface area contributed by atoms with Crippen molar-refractivity contribution in [1.82, 2.24) is 15.3 Å². The van der Waals surface area contributed by atoms with E-state index in [1.807, 2.05) is 13.0 Å². The Morgan fingerprint density at radius 3 is 2.79 bits per heavy atom. The maximum atomic E-state index is 12.9. The Balaban J connectivity index is 1.57. The van der Waals surface area contributed by atoms with Crippen molar-refractivity contribution >= 4 is 44.6 Å². The van der Waals surface area contributed by atoms with Crippen molar-refractivity contribution in [1.29, 1.82) is 0 Å². The lowest BCUT2D eigenvalue weighted by Gasteiger charge is -2.26. The number of anilines is 1. The SMILES string of the molecule is Cc1c(C(=O)NC2CCC(O)CC2)sc2ncnc(NC(C)c3cccs3)c12. The van der Waals surface area contributed by atoms with Gasteiger partial charge >= 0.3 is 0 Å². The maximum absolute atomic E-state index is 12.9. The van der Waals surface area contributed by atoms with Crippen LogP contribution in [0.3, 0.4) is 0 Å². The zero-order chi connectivity index (χ0) is 19.7. The van der Waals surface area contributed by atoms with E-state index >= 15 is 0 Å². The predicted octanol–water partition coefficient (Wildman–Crippen LogP) is 4.27. The molecule has 4 rings (SSSR count). The first kappa shape index (κ1) is 19.3. The first-order valence-electron chi connectivity index (χ1n) is 9.56. The summed E-state index contributed by atoms with van der Waals surface area (Å²) in [5.41, 5.74) is 0.912. The molecule has 148 valence electrons. The van der Waals surface area contributed by atoms with Crippen LogP contribution in [0.15, 0.2) is 23.8 Å². The quantitative estimate of drug-likeness (QED) is 0.578. The van der Waals surface area contributed by atoms with E-state index < -0.39 is 0 Å². The molecular weight excluding hydrogens is 392 g/mol. The number of rotatable bonds is 5. The van der Waals surface area contributed by atoms with Gasteiger partial charge in [-0.2, -0.15) is 0 Å². The summed E-state index contributed by atoms with van der Waals surface area (Å²) in [5.74, 6) is 0.707. The van der Waals surface area contributed by atoms with Crippen LogP contribution >= 0.6 is 22.7 Å². The summed E-state index contributed by atoms with van der Waals surface area (Å²) in [6, 6.07) is 4.39. The molecular formula is C20H24N4O2S2. The number of nitrogens with one attached hydrogen (secondary N) is 2. The highest BCUT2D eigenvalue weighted by Crippen LogP contribution is 2.35. The number of fused-ring (bicyclic) bond motifs is 1. The molecule has 1 saturated carbocycles. The number of amides is 1. The van der Waals surface area contributed by atoms with Crippen molar-refractivity contribution in [3.8, 4) is 0 Å². The fraction of sp³-hybridized carbons (Fsp3) is 0.450. The Morgan fingerprint density at radius 1 is 1.29 bits per heavy atom. The second-order valence-corrected chi connectivity index (χ2v) is 9.30. The third kappa shape index (κ3) is 3.90. The summed E-state index contributed by atoms with van der Waals surface area (Å²) in [5, 5.41) is 19.2. The largest absolute Gasteiger partial charge is 0.393 e. The molecule has 8 heteroatoms. The normalized spacial score (nSPS) is 20.8. The minimum absolute atomic E-state index is 0.0563. The van der Waals surface area contributed by atoms with Gasteiger partial charge in [0.1, 0.15) is 17.0 Å². The van der Waals surface area contributed by atoms with Crippen molar-refractivity contribution in [2.24, 2.45) is 0 Å². The highest BCUT2D eigenvalue weighted by Gasteiger charge is 2.25. The fourth-order valence-corrected chi connectivity index (χ4v) is 5.47. The van der Waals surface area contributed by atoms with Gasteiger partial charge in [0, 0.05) is 10.9 Å². The summed E-state index contributed by atoms with van der Waals surface area (Å²) in [7, 11) is 0. The molecule has 6 nitrogen and oxygen atoms in total. The number of hydrogen-bond donors (Lipinski definition) is 3. The monoisotopic (exact) mass is 416 g/mol. The minimum atomic E-state index is -0.228. The molecule has 0 saturated heterocycles. The van der Waals surface area contributed by atoms with Gasteiger partial charge in [-0.15, -0.1) is 22.7 Å². The number of thiophene rings is 2. The van der Waals surface area contributed by atoms with E-state index in [1.54, 1.807) is 17.7 Å². The molecule has 0 spiro atoms. The van der Waals surface area contributed by atoms with Crippen molar-refractivity contribution in [3.05, 3.63) is 39.2 Å². The highest BCUT2D eigenvalue weighted by atomic mass is 32.1. The summed E-state index contributed by atoms with van der Waals surface area (Å²) >= 11 is 3.11. The number of aryl methyl sites for hydroxylation is 1. The van der Waals surface area contributed by atoms with Crippen LogP contribution in [-0.4, -0.2) is 33.1 Å². The molecule has 3 aromatic heterocycles. The molecule has 3 aromatic rings. The first-order chi connectivity index (χ1) is 13.5. The van der Waals surface area contributed by atoms with Gasteiger partial charge in [-0.05, 0) is 56.5 Å². The lowest BCUT2D eigenvalue weighted by Crippen LogP contribution is -2.38. The lowest BCUT2D eigenvalue weighted by atomic mass is 9.93. The van der Waals surface area contributed by atoms with Gasteiger partial charge in [-0.3, -0.25) is 4.79 Å². The van der Waals surface area contributed by atoms with E-state index in [9.17, 15) is 9.90 Å². The topological polar surface area (TPSA) is 87.1 Å². The minimum Gasteiger partial charge on any atom is -0.393 e. The van der Waals surface area contributed by atoms with Gasteiger partial charge in [0.05, 0.1) is 22.4 Å². The van der Waals surface area contributed by atoms with Crippen LogP contribution in [0.2, 0.25) is 0 Å². The van der Waals surface area contributed by atoms with E-state index in [-0.39, 0.29) is 24.1 Å². The number of nitrogens with zero attached hydrogens (tertiary/aromatic N) is 2. The van der Waals surface area contributed by atoms with Crippen molar-refractivity contribution < 1.29 is 9.90 Å². The third-order valence-electron chi connectivity index (χ3n) is 5.29. The van der Waals surface area contributed by atoms with Crippen LogP contribution in [0.5, 0.6) is 0 Å². The van der Waals surface area contributed by atoms with Crippen LogP contribution < -0.4 is 10.6 Å². The molecule has 0 radical (unpaired) electrons. The molecule has 0 aromatic carbocycles. The lowest BCUT2D eigenvalue weighted by molar-refractivity contribution is 0.0871. The van der Waals surface area contributed by atoms with E-state index in [2.05, 4.69) is 39.0 Å². The molecule has 1 aliphatic carbocycles. The Kier molecular flexibility index (Phi) is 5.61. The van der Waals surface area contributed by atoms with Gasteiger partial charge in [0.25, 0.3) is 5.91 Å². The summed E-state index contributed by atoms with van der Waals surface area (Å²) in [6.45, 7) is 4.06. The number of hydrogen-bond acceptors (Lipinski definition) is 7. The van der Waals surface area contributed by atoms with Crippen LogP contribution in [0.4, 0.5) is 5.82 Å². The molecule has 0 aliphatic heterocycles. The predicted molar refractivity (Wildman–Crippen MR) is 114 cm³/mol. The number of aliphatic hydroxyl groups excluding tert-OH is 1. The van der Waals surface area contributed by atoms with Crippen molar-refractivity contribution in [3.63, 3.8) is 0 Å². The maximum Gasteiger partial charge on any atom is 0.261 e. The van der Waals surface area contributed by atoms with E-state index in [0.29, 0.717) is 4.88 Å². The second kappa shape index (κ2) is 8.14. The molecule has 1 amide bonds. The van der Waals surface area contributed by atoms with Crippen LogP contribution in [0.25, 0.3) is 10.2 Å².